The average molecular weight is 224 g/mol. The van der Waals surface area contributed by atoms with Gasteiger partial charge in [0.05, 0.1) is 12.2 Å². The number of carbonyl (C=O) groups excluding carboxylic acids is 1. The Morgan fingerprint density at radius 3 is 2.88 bits per heavy atom. The lowest BCUT2D eigenvalue weighted by Gasteiger charge is -2.08. The number of carbonyl (C=O) groups is 1. The van der Waals surface area contributed by atoms with E-state index in [2.05, 4.69) is 6.92 Å². The zero-order chi connectivity index (χ0) is 11.8. The predicted molar refractivity (Wildman–Crippen MR) is 62.3 cm³/mol. The number of hydrogen-bond acceptors (Lipinski definition) is 3. The molecule has 0 fully saturated rings. The second-order valence-corrected chi connectivity index (χ2v) is 4.10. The van der Waals surface area contributed by atoms with Crippen molar-refractivity contribution >= 4 is 5.97 Å². The van der Waals surface area contributed by atoms with Crippen molar-refractivity contribution in [2.24, 2.45) is 5.92 Å². The minimum absolute atomic E-state index is 0.0537. The molecule has 1 unspecified atom stereocenters. The summed E-state index contributed by atoms with van der Waals surface area (Å²) in [5, 5.41) is 0. The molecule has 0 bridgehead atoms. The lowest BCUT2D eigenvalue weighted by molar-refractivity contribution is -0.139. The van der Waals surface area contributed by atoms with Crippen molar-refractivity contribution in [1.82, 2.24) is 0 Å². The first-order valence-electron chi connectivity index (χ1n) is 5.99. The minimum atomic E-state index is -0.202. The molecule has 0 aromatic carbocycles. The van der Waals surface area contributed by atoms with Crippen LogP contribution in [0.25, 0.3) is 0 Å². The third kappa shape index (κ3) is 4.51. The van der Waals surface area contributed by atoms with E-state index in [0.717, 1.165) is 12.8 Å². The predicted octanol–water partition coefficient (Wildman–Crippen LogP) is 3.79. The van der Waals surface area contributed by atoms with Gasteiger partial charge in [-0.05, 0) is 12.5 Å². The molecule has 0 aliphatic carbocycles. The Hall–Kier alpha value is -1.25. The normalized spacial score (nSPS) is 12.4. The fourth-order valence-corrected chi connectivity index (χ4v) is 1.52. The minimum Gasteiger partial charge on any atom is -0.434 e. The summed E-state index contributed by atoms with van der Waals surface area (Å²) >= 11 is 0. The molecule has 0 saturated carbocycles. The van der Waals surface area contributed by atoms with E-state index in [1.807, 2.05) is 6.92 Å². The summed E-state index contributed by atoms with van der Waals surface area (Å²) in [7, 11) is 0. The maximum Gasteiger partial charge on any atom is 0.316 e. The summed E-state index contributed by atoms with van der Waals surface area (Å²) in [6.45, 7) is 4.08. The average Bonchev–Trinajstić information content (AvgIpc) is 2.76. The van der Waals surface area contributed by atoms with Gasteiger partial charge in [0.2, 0.25) is 0 Å². The zero-order valence-electron chi connectivity index (χ0n) is 10.1. The molecule has 90 valence electrons. The van der Waals surface area contributed by atoms with E-state index >= 15 is 0 Å². The number of hydrogen-bond donors (Lipinski definition) is 0. The lowest BCUT2D eigenvalue weighted by atomic mass is 10.0. The van der Waals surface area contributed by atoms with E-state index in [9.17, 15) is 4.79 Å². The highest BCUT2D eigenvalue weighted by Crippen LogP contribution is 2.16. The molecule has 3 heteroatoms. The summed E-state index contributed by atoms with van der Waals surface area (Å²) in [4.78, 5) is 11.6. The van der Waals surface area contributed by atoms with E-state index < -0.39 is 0 Å². The highest BCUT2D eigenvalue weighted by Gasteiger charge is 2.15. The maximum absolute atomic E-state index is 11.6. The van der Waals surface area contributed by atoms with Gasteiger partial charge < -0.3 is 9.15 Å². The second kappa shape index (κ2) is 7.09. The Labute approximate surface area is 96.8 Å². The Morgan fingerprint density at radius 1 is 1.44 bits per heavy atom. The molecular formula is C13H20O3. The number of furan rings is 1. The van der Waals surface area contributed by atoms with E-state index in [4.69, 9.17) is 9.15 Å². The fraction of sp³-hybridized carbons (Fsp3) is 0.615. The number of rotatable bonds is 7. The van der Waals surface area contributed by atoms with Crippen LogP contribution >= 0.6 is 0 Å². The molecule has 0 saturated heterocycles. The van der Waals surface area contributed by atoms with E-state index in [0.29, 0.717) is 0 Å². The number of unbranched alkanes of at least 4 members (excludes halogenated alkanes) is 3. The van der Waals surface area contributed by atoms with E-state index in [-0.39, 0.29) is 17.8 Å². The first-order chi connectivity index (χ1) is 7.74. The van der Waals surface area contributed by atoms with Gasteiger partial charge in [0, 0.05) is 6.07 Å². The van der Waals surface area contributed by atoms with Crippen LogP contribution < -0.4 is 4.74 Å². The zero-order valence-corrected chi connectivity index (χ0v) is 10.1. The van der Waals surface area contributed by atoms with Crippen molar-refractivity contribution in [3.8, 4) is 5.95 Å². The third-order valence-corrected chi connectivity index (χ3v) is 2.59. The summed E-state index contributed by atoms with van der Waals surface area (Å²) in [5.74, 6) is 0.0267. The van der Waals surface area contributed by atoms with Crippen LogP contribution in [-0.4, -0.2) is 5.97 Å². The van der Waals surface area contributed by atoms with E-state index in [1.54, 1.807) is 12.1 Å². The highest BCUT2D eigenvalue weighted by molar-refractivity contribution is 5.74. The standard InChI is InChI=1S/C13H20O3/c1-3-4-5-6-8-11(2)13(14)16-12-9-7-10-15-12/h7,9-11H,3-6,8H2,1-2H3. The van der Waals surface area contributed by atoms with E-state index in [1.165, 1.54) is 25.5 Å². The van der Waals surface area contributed by atoms with Crippen LogP contribution in [0.3, 0.4) is 0 Å². The van der Waals surface area contributed by atoms with Gasteiger partial charge in [-0.1, -0.05) is 39.5 Å². The second-order valence-electron chi connectivity index (χ2n) is 4.10. The first kappa shape index (κ1) is 12.8. The largest absolute Gasteiger partial charge is 0.434 e. The van der Waals surface area contributed by atoms with Crippen LogP contribution in [0.1, 0.15) is 46.0 Å². The number of ether oxygens (including phenoxy) is 1. The Morgan fingerprint density at radius 2 is 2.25 bits per heavy atom. The van der Waals surface area contributed by atoms with Crippen molar-refractivity contribution < 1.29 is 13.9 Å². The highest BCUT2D eigenvalue weighted by atomic mass is 16.6. The van der Waals surface area contributed by atoms with Crippen LogP contribution in [0, 0.1) is 5.92 Å². The molecule has 1 atom stereocenters. The van der Waals surface area contributed by atoms with Crippen molar-refractivity contribution in [3.05, 3.63) is 18.4 Å². The van der Waals surface area contributed by atoms with Crippen molar-refractivity contribution in [2.75, 3.05) is 0 Å². The molecular weight excluding hydrogens is 204 g/mol. The van der Waals surface area contributed by atoms with Crippen molar-refractivity contribution in [3.63, 3.8) is 0 Å². The van der Waals surface area contributed by atoms with Crippen molar-refractivity contribution in [1.29, 1.82) is 0 Å². The third-order valence-electron chi connectivity index (χ3n) is 2.59. The summed E-state index contributed by atoms with van der Waals surface area (Å²) in [6.07, 6.45) is 7.11. The quantitative estimate of drug-likeness (QED) is 0.522. The monoisotopic (exact) mass is 224 g/mol. The molecule has 16 heavy (non-hydrogen) atoms. The SMILES string of the molecule is CCCCCCC(C)C(=O)Oc1ccco1. The molecule has 1 aromatic heterocycles. The smallest absolute Gasteiger partial charge is 0.316 e. The summed E-state index contributed by atoms with van der Waals surface area (Å²) in [5.41, 5.74) is 0. The number of esters is 1. The molecule has 0 radical (unpaired) electrons. The molecule has 1 heterocycles. The van der Waals surface area contributed by atoms with Crippen molar-refractivity contribution in [2.45, 2.75) is 46.0 Å². The van der Waals surface area contributed by atoms with Gasteiger partial charge in [-0.3, -0.25) is 4.79 Å². The lowest BCUT2D eigenvalue weighted by Crippen LogP contribution is -2.17. The van der Waals surface area contributed by atoms with Gasteiger partial charge in [-0.2, -0.15) is 0 Å². The Kier molecular flexibility index (Phi) is 5.68. The molecule has 1 rings (SSSR count). The fourth-order valence-electron chi connectivity index (χ4n) is 1.52. The van der Waals surface area contributed by atoms with Gasteiger partial charge in [-0.25, -0.2) is 0 Å². The van der Waals surface area contributed by atoms with Crippen LogP contribution in [0.15, 0.2) is 22.8 Å². The van der Waals surface area contributed by atoms with Gasteiger partial charge in [-0.15, -0.1) is 0 Å². The Balaban J connectivity index is 2.20. The van der Waals surface area contributed by atoms with Gasteiger partial charge in [0.25, 0.3) is 5.95 Å². The molecule has 0 aliphatic heterocycles. The van der Waals surface area contributed by atoms with Crippen LogP contribution in [-0.2, 0) is 4.79 Å². The first-order valence-corrected chi connectivity index (χ1v) is 5.99. The molecule has 0 amide bonds. The molecule has 1 aromatic rings. The topological polar surface area (TPSA) is 39.4 Å². The molecule has 0 spiro atoms. The van der Waals surface area contributed by atoms with Crippen LogP contribution in [0.5, 0.6) is 5.95 Å². The summed E-state index contributed by atoms with van der Waals surface area (Å²) in [6, 6.07) is 3.34. The Bertz CT molecular complexity index is 290. The van der Waals surface area contributed by atoms with Crippen LogP contribution in [0.2, 0.25) is 0 Å². The molecule has 0 N–H and O–H groups in total. The summed E-state index contributed by atoms with van der Waals surface area (Å²) < 4.78 is 10.0. The van der Waals surface area contributed by atoms with Gasteiger partial charge >= 0.3 is 5.97 Å². The molecule has 0 aliphatic rings. The van der Waals surface area contributed by atoms with Gasteiger partial charge in [0.1, 0.15) is 0 Å². The van der Waals surface area contributed by atoms with Crippen LogP contribution in [0.4, 0.5) is 0 Å². The molecule has 3 nitrogen and oxygen atoms in total. The maximum atomic E-state index is 11.6. The van der Waals surface area contributed by atoms with Gasteiger partial charge in [0.15, 0.2) is 0 Å².